The zero-order valence-corrected chi connectivity index (χ0v) is 15.6. The number of hydrogen-bond donors (Lipinski definition) is 1. The van der Waals surface area contributed by atoms with Gasteiger partial charge in [0.05, 0.1) is 11.6 Å². The Kier molecular flexibility index (Phi) is 5.25. The number of nitrogens with one attached hydrogen (secondary N) is 1. The van der Waals surface area contributed by atoms with Gasteiger partial charge in [-0.05, 0) is 48.9 Å². The fourth-order valence-electron chi connectivity index (χ4n) is 2.90. The monoisotopic (exact) mass is 398 g/mol. The molecule has 1 fully saturated rings. The Hall–Kier alpha value is -2.52. The lowest BCUT2D eigenvalue weighted by molar-refractivity contribution is 0.208. The normalized spacial score (nSPS) is 14.1. The van der Waals surface area contributed by atoms with E-state index >= 15 is 0 Å². The van der Waals surface area contributed by atoms with E-state index in [9.17, 15) is 4.79 Å². The Labute approximate surface area is 156 Å². The number of aryl methyl sites for hydroxylation is 1. The van der Waals surface area contributed by atoms with Gasteiger partial charge in [-0.3, -0.25) is 0 Å². The van der Waals surface area contributed by atoms with Gasteiger partial charge in [0.15, 0.2) is 0 Å². The molecule has 2 amide bonds. The van der Waals surface area contributed by atoms with E-state index in [2.05, 4.69) is 32.2 Å². The zero-order valence-electron chi connectivity index (χ0n) is 14.0. The predicted octanol–water partition coefficient (Wildman–Crippen LogP) is 3.98. The van der Waals surface area contributed by atoms with Crippen molar-refractivity contribution in [3.63, 3.8) is 0 Å². The molecule has 0 radical (unpaired) electrons. The Balaban J connectivity index is 1.60. The third-order valence-electron chi connectivity index (χ3n) is 4.34. The summed E-state index contributed by atoms with van der Waals surface area (Å²) in [7, 11) is 0. The molecule has 3 rings (SSSR count). The summed E-state index contributed by atoms with van der Waals surface area (Å²) in [6, 6.07) is 15.5. The molecule has 0 unspecified atom stereocenters. The molecule has 0 atom stereocenters. The number of urea groups is 1. The first-order valence-corrected chi connectivity index (χ1v) is 8.93. The van der Waals surface area contributed by atoms with Gasteiger partial charge in [0, 0.05) is 42.0 Å². The maximum absolute atomic E-state index is 12.5. The van der Waals surface area contributed by atoms with Gasteiger partial charge in [-0.2, -0.15) is 5.26 Å². The van der Waals surface area contributed by atoms with E-state index in [1.54, 1.807) is 6.07 Å². The first-order chi connectivity index (χ1) is 12.1. The maximum atomic E-state index is 12.5. The Morgan fingerprint density at radius 2 is 1.92 bits per heavy atom. The number of carbonyl (C=O) groups is 1. The topological polar surface area (TPSA) is 59.4 Å². The lowest BCUT2D eigenvalue weighted by Crippen LogP contribution is -2.50. The molecule has 1 aliphatic heterocycles. The van der Waals surface area contributed by atoms with E-state index in [4.69, 9.17) is 5.26 Å². The first-order valence-electron chi connectivity index (χ1n) is 8.14. The van der Waals surface area contributed by atoms with Crippen molar-refractivity contribution in [3.05, 3.63) is 58.1 Å². The van der Waals surface area contributed by atoms with Gasteiger partial charge in [-0.1, -0.05) is 22.0 Å². The van der Waals surface area contributed by atoms with Crippen molar-refractivity contribution in [2.75, 3.05) is 36.4 Å². The molecule has 5 nitrogen and oxygen atoms in total. The summed E-state index contributed by atoms with van der Waals surface area (Å²) in [4.78, 5) is 16.5. The van der Waals surface area contributed by atoms with Gasteiger partial charge < -0.3 is 15.1 Å². The highest BCUT2D eigenvalue weighted by atomic mass is 79.9. The highest BCUT2D eigenvalue weighted by molar-refractivity contribution is 9.10. The number of carbonyl (C=O) groups excluding carboxylic acids is 1. The first kappa shape index (κ1) is 17.3. The molecule has 2 aromatic rings. The minimum atomic E-state index is -0.0733. The number of rotatable bonds is 2. The molecule has 0 bridgehead atoms. The van der Waals surface area contributed by atoms with Crippen LogP contribution in [0.25, 0.3) is 0 Å². The molecule has 1 saturated heterocycles. The van der Waals surface area contributed by atoms with Crippen molar-refractivity contribution >= 4 is 33.3 Å². The highest BCUT2D eigenvalue weighted by Gasteiger charge is 2.21. The second-order valence-corrected chi connectivity index (χ2v) is 6.94. The van der Waals surface area contributed by atoms with Crippen LogP contribution in [0.2, 0.25) is 0 Å². The second kappa shape index (κ2) is 7.58. The molecule has 6 heteroatoms. The van der Waals surface area contributed by atoms with E-state index in [0.29, 0.717) is 18.7 Å². The third-order valence-corrected chi connectivity index (χ3v) is 4.83. The Morgan fingerprint density at radius 3 is 2.60 bits per heavy atom. The summed E-state index contributed by atoms with van der Waals surface area (Å²) in [5, 5.41) is 12.0. The van der Waals surface area contributed by atoms with Crippen LogP contribution in [0.4, 0.5) is 16.2 Å². The van der Waals surface area contributed by atoms with Crippen molar-refractivity contribution in [1.29, 1.82) is 5.26 Å². The van der Waals surface area contributed by atoms with Crippen molar-refractivity contribution in [1.82, 2.24) is 4.90 Å². The van der Waals surface area contributed by atoms with Crippen LogP contribution in [0.15, 0.2) is 46.9 Å². The molecule has 0 aromatic heterocycles. The molecule has 1 aliphatic rings. The lowest BCUT2D eigenvalue weighted by Gasteiger charge is -2.36. The number of piperazine rings is 1. The van der Waals surface area contributed by atoms with Crippen molar-refractivity contribution in [2.45, 2.75) is 6.92 Å². The van der Waals surface area contributed by atoms with Crippen LogP contribution >= 0.6 is 15.9 Å². The van der Waals surface area contributed by atoms with Crippen molar-refractivity contribution in [3.8, 4) is 6.07 Å². The lowest BCUT2D eigenvalue weighted by atomic mass is 10.2. The summed E-state index contributed by atoms with van der Waals surface area (Å²) >= 11 is 3.43. The average molecular weight is 399 g/mol. The van der Waals surface area contributed by atoms with Gasteiger partial charge in [0.25, 0.3) is 0 Å². The molecular weight excluding hydrogens is 380 g/mol. The van der Waals surface area contributed by atoms with E-state index in [1.165, 1.54) is 0 Å². The average Bonchev–Trinajstić information content (AvgIpc) is 2.64. The van der Waals surface area contributed by atoms with Gasteiger partial charge in [0.1, 0.15) is 0 Å². The van der Waals surface area contributed by atoms with Crippen LogP contribution in [-0.4, -0.2) is 37.1 Å². The van der Waals surface area contributed by atoms with Gasteiger partial charge in [-0.25, -0.2) is 4.79 Å². The number of hydrogen-bond acceptors (Lipinski definition) is 3. The minimum absolute atomic E-state index is 0.0733. The highest BCUT2D eigenvalue weighted by Crippen LogP contribution is 2.21. The summed E-state index contributed by atoms with van der Waals surface area (Å²) in [5.41, 5.74) is 3.54. The van der Waals surface area contributed by atoms with Crippen LogP contribution in [-0.2, 0) is 0 Å². The number of nitriles is 1. The predicted molar refractivity (Wildman–Crippen MR) is 103 cm³/mol. The van der Waals surface area contributed by atoms with Gasteiger partial charge >= 0.3 is 6.03 Å². The molecule has 0 saturated carbocycles. The molecule has 0 spiro atoms. The van der Waals surface area contributed by atoms with Crippen molar-refractivity contribution in [2.24, 2.45) is 0 Å². The van der Waals surface area contributed by atoms with Gasteiger partial charge in [-0.15, -0.1) is 0 Å². The molecule has 1 N–H and O–H groups in total. The van der Waals surface area contributed by atoms with Crippen LogP contribution < -0.4 is 10.2 Å². The summed E-state index contributed by atoms with van der Waals surface area (Å²) in [6.45, 7) is 4.78. The summed E-state index contributed by atoms with van der Waals surface area (Å²) in [5.74, 6) is 0. The van der Waals surface area contributed by atoms with E-state index < -0.39 is 0 Å². The third kappa shape index (κ3) is 4.12. The summed E-state index contributed by atoms with van der Waals surface area (Å²) < 4.78 is 0.996. The molecule has 128 valence electrons. The molecule has 1 heterocycles. The Bertz CT molecular complexity index is 822. The fraction of sp³-hybridized carbons (Fsp3) is 0.263. The molecular formula is C19H19BrN4O. The molecule has 0 aliphatic carbocycles. The zero-order chi connectivity index (χ0) is 17.8. The quantitative estimate of drug-likeness (QED) is 0.831. The van der Waals surface area contributed by atoms with Crippen molar-refractivity contribution < 1.29 is 4.79 Å². The smallest absolute Gasteiger partial charge is 0.321 e. The number of halogens is 1. The fourth-order valence-corrected chi connectivity index (χ4v) is 3.38. The summed E-state index contributed by atoms with van der Waals surface area (Å²) in [6.07, 6.45) is 0. The minimum Gasteiger partial charge on any atom is -0.368 e. The number of benzene rings is 2. The number of anilines is 2. The largest absolute Gasteiger partial charge is 0.368 e. The van der Waals surface area contributed by atoms with E-state index in [1.807, 2.05) is 48.2 Å². The SMILES string of the molecule is Cc1cc(Br)ccc1NC(=O)N1CCN(c2cccc(C#N)c2)CC1. The number of amides is 2. The number of nitrogens with zero attached hydrogens (tertiary/aromatic N) is 3. The van der Waals surface area contributed by atoms with Gasteiger partial charge in [0.2, 0.25) is 0 Å². The second-order valence-electron chi connectivity index (χ2n) is 6.03. The standard InChI is InChI=1S/C19H19BrN4O/c1-14-11-16(20)5-6-18(14)22-19(25)24-9-7-23(8-10-24)17-4-2-3-15(12-17)13-21/h2-6,11-12H,7-10H2,1H3,(H,22,25). The molecule has 25 heavy (non-hydrogen) atoms. The van der Waals surface area contributed by atoms with Crippen LogP contribution in [0, 0.1) is 18.3 Å². The van der Waals surface area contributed by atoms with Crippen LogP contribution in [0.5, 0.6) is 0 Å². The Morgan fingerprint density at radius 1 is 1.16 bits per heavy atom. The van der Waals surface area contributed by atoms with Crippen LogP contribution in [0.3, 0.4) is 0 Å². The van der Waals surface area contributed by atoms with E-state index in [-0.39, 0.29) is 6.03 Å². The maximum Gasteiger partial charge on any atom is 0.321 e. The van der Waals surface area contributed by atoms with E-state index in [0.717, 1.165) is 34.5 Å². The molecule has 2 aromatic carbocycles. The van der Waals surface area contributed by atoms with Crippen LogP contribution in [0.1, 0.15) is 11.1 Å².